The van der Waals surface area contributed by atoms with Gasteiger partial charge in [0, 0.05) is 47.1 Å². The van der Waals surface area contributed by atoms with Crippen LogP contribution in [0, 0.1) is 6.92 Å². The second-order valence-corrected chi connectivity index (χ2v) is 7.28. The van der Waals surface area contributed by atoms with Crippen LogP contribution < -0.4 is 14.8 Å². The lowest BCUT2D eigenvalue weighted by atomic mass is 10.2. The lowest BCUT2D eigenvalue weighted by Gasteiger charge is -2.11. The maximum absolute atomic E-state index is 5.46. The molecule has 6 heteroatoms. The Morgan fingerprint density at radius 1 is 1.07 bits per heavy atom. The molecular weight excluding hydrogens is 358 g/mol. The van der Waals surface area contributed by atoms with E-state index in [-0.39, 0.29) is 0 Å². The summed E-state index contributed by atoms with van der Waals surface area (Å²) < 4.78 is 10.7. The van der Waals surface area contributed by atoms with Gasteiger partial charge in [-0.3, -0.25) is 4.98 Å². The van der Waals surface area contributed by atoms with Gasteiger partial charge in [0.15, 0.2) is 0 Å². The largest absolute Gasteiger partial charge is 0.497 e. The molecule has 0 atom stereocenters. The zero-order valence-electron chi connectivity index (χ0n) is 16.2. The van der Waals surface area contributed by atoms with Crippen molar-refractivity contribution in [3.8, 4) is 22.1 Å². The second-order valence-electron chi connectivity index (χ2n) is 6.20. The number of methoxy groups -OCH3 is 2. The van der Waals surface area contributed by atoms with Gasteiger partial charge in [-0.05, 0) is 31.5 Å². The molecule has 2 aromatic heterocycles. The fourth-order valence-corrected chi connectivity index (χ4v) is 3.86. The molecule has 3 aromatic rings. The Hall–Kier alpha value is -2.44. The molecule has 2 heterocycles. The van der Waals surface area contributed by atoms with Crippen molar-refractivity contribution in [3.05, 3.63) is 58.4 Å². The van der Waals surface area contributed by atoms with Crippen molar-refractivity contribution in [2.24, 2.45) is 0 Å². The number of hydrogen-bond acceptors (Lipinski definition) is 6. The zero-order valence-corrected chi connectivity index (χ0v) is 17.0. The van der Waals surface area contributed by atoms with Crippen LogP contribution in [0.1, 0.15) is 28.8 Å². The topological polar surface area (TPSA) is 56.3 Å². The van der Waals surface area contributed by atoms with E-state index in [4.69, 9.17) is 14.5 Å². The molecule has 0 fully saturated rings. The minimum atomic E-state index is 0.717. The highest BCUT2D eigenvalue weighted by Crippen LogP contribution is 2.29. The van der Waals surface area contributed by atoms with E-state index in [1.807, 2.05) is 30.5 Å². The summed E-state index contributed by atoms with van der Waals surface area (Å²) in [5.74, 6) is 1.62. The molecule has 0 aliphatic rings. The lowest BCUT2D eigenvalue weighted by Crippen LogP contribution is -2.13. The number of ether oxygens (including phenoxy) is 2. The van der Waals surface area contributed by atoms with E-state index in [0.29, 0.717) is 0 Å². The third kappa shape index (κ3) is 4.64. The number of aryl methyl sites for hydroxylation is 2. The predicted molar refractivity (Wildman–Crippen MR) is 110 cm³/mol. The van der Waals surface area contributed by atoms with Gasteiger partial charge in [0.2, 0.25) is 0 Å². The first-order valence-corrected chi connectivity index (χ1v) is 9.79. The van der Waals surface area contributed by atoms with Gasteiger partial charge >= 0.3 is 0 Å². The molecule has 3 rings (SSSR count). The van der Waals surface area contributed by atoms with Crippen LogP contribution in [0.4, 0.5) is 0 Å². The van der Waals surface area contributed by atoms with Crippen molar-refractivity contribution in [1.29, 1.82) is 0 Å². The lowest BCUT2D eigenvalue weighted by molar-refractivity contribution is 0.390. The van der Waals surface area contributed by atoms with Crippen LogP contribution >= 0.6 is 11.3 Å². The molecule has 5 nitrogen and oxygen atoms in total. The van der Waals surface area contributed by atoms with Gasteiger partial charge in [0.25, 0.3) is 0 Å². The summed E-state index contributed by atoms with van der Waals surface area (Å²) in [7, 11) is 3.33. The van der Waals surface area contributed by atoms with Crippen molar-refractivity contribution in [2.45, 2.75) is 33.4 Å². The van der Waals surface area contributed by atoms with Crippen LogP contribution in [0.25, 0.3) is 10.6 Å². The third-order valence-electron chi connectivity index (χ3n) is 4.41. The average molecular weight is 384 g/mol. The minimum Gasteiger partial charge on any atom is -0.497 e. The number of nitrogens with one attached hydrogen (secondary N) is 1. The normalized spacial score (nSPS) is 10.8. The first-order valence-electron chi connectivity index (χ1n) is 8.97. The van der Waals surface area contributed by atoms with E-state index in [1.54, 1.807) is 25.6 Å². The van der Waals surface area contributed by atoms with Gasteiger partial charge < -0.3 is 14.8 Å². The SMILES string of the molecule is CCc1cc(-c2nc(C)c(CNCc3ccc(OC)cc3OC)s2)ccn1. The van der Waals surface area contributed by atoms with Gasteiger partial charge in [-0.25, -0.2) is 4.98 Å². The number of hydrogen-bond donors (Lipinski definition) is 1. The highest BCUT2D eigenvalue weighted by Gasteiger charge is 2.11. The van der Waals surface area contributed by atoms with Crippen LogP contribution in [-0.4, -0.2) is 24.2 Å². The standard InChI is InChI=1S/C21H25N3O2S/c1-5-17-10-15(8-9-23-17)21-24-14(2)20(27-21)13-22-12-16-6-7-18(25-3)11-19(16)26-4/h6-11,22H,5,12-13H2,1-4H3. The number of aromatic nitrogens is 2. The van der Waals surface area contributed by atoms with Crippen molar-refractivity contribution in [2.75, 3.05) is 14.2 Å². The Kier molecular flexibility index (Phi) is 6.42. The molecule has 27 heavy (non-hydrogen) atoms. The molecule has 0 spiro atoms. The van der Waals surface area contributed by atoms with Gasteiger partial charge in [-0.1, -0.05) is 13.0 Å². The number of nitrogens with zero attached hydrogens (tertiary/aromatic N) is 2. The third-order valence-corrected chi connectivity index (χ3v) is 5.62. The Morgan fingerprint density at radius 3 is 2.67 bits per heavy atom. The molecule has 0 bridgehead atoms. The minimum absolute atomic E-state index is 0.717. The summed E-state index contributed by atoms with van der Waals surface area (Å²) in [5.41, 5.74) is 4.39. The van der Waals surface area contributed by atoms with Crippen LogP contribution in [0.3, 0.4) is 0 Å². The maximum Gasteiger partial charge on any atom is 0.127 e. The monoisotopic (exact) mass is 383 g/mol. The Balaban J connectivity index is 1.68. The summed E-state index contributed by atoms with van der Waals surface area (Å²) in [6, 6.07) is 10.0. The van der Waals surface area contributed by atoms with Crippen LogP contribution in [0.5, 0.6) is 11.5 Å². The summed E-state index contributed by atoms with van der Waals surface area (Å²) >= 11 is 1.73. The van der Waals surface area contributed by atoms with E-state index in [2.05, 4.69) is 30.2 Å². The molecule has 142 valence electrons. The first kappa shape index (κ1) is 19.3. The number of rotatable bonds is 8. The van der Waals surface area contributed by atoms with E-state index >= 15 is 0 Å². The Bertz CT molecular complexity index is 908. The Labute approximate surface area is 164 Å². The summed E-state index contributed by atoms with van der Waals surface area (Å²) in [5, 5.41) is 4.54. The number of benzene rings is 1. The smallest absolute Gasteiger partial charge is 0.127 e. The summed E-state index contributed by atoms with van der Waals surface area (Å²) in [6.45, 7) is 5.66. The molecule has 1 aromatic carbocycles. The highest BCUT2D eigenvalue weighted by molar-refractivity contribution is 7.15. The molecule has 0 aliphatic heterocycles. The van der Waals surface area contributed by atoms with Crippen molar-refractivity contribution in [3.63, 3.8) is 0 Å². The van der Waals surface area contributed by atoms with E-state index in [9.17, 15) is 0 Å². The fourth-order valence-electron chi connectivity index (χ4n) is 2.83. The number of thiazole rings is 1. The Morgan fingerprint density at radius 2 is 1.93 bits per heavy atom. The van der Waals surface area contributed by atoms with Gasteiger partial charge in [0.1, 0.15) is 16.5 Å². The maximum atomic E-state index is 5.46. The van der Waals surface area contributed by atoms with Gasteiger partial charge in [-0.2, -0.15) is 0 Å². The quantitative estimate of drug-likeness (QED) is 0.625. The van der Waals surface area contributed by atoms with Crippen molar-refractivity contribution < 1.29 is 9.47 Å². The van der Waals surface area contributed by atoms with Gasteiger partial charge in [-0.15, -0.1) is 11.3 Å². The van der Waals surface area contributed by atoms with Crippen LogP contribution in [0.15, 0.2) is 36.5 Å². The summed E-state index contributed by atoms with van der Waals surface area (Å²) in [4.78, 5) is 10.4. The molecule has 0 saturated heterocycles. The molecule has 0 radical (unpaired) electrons. The molecule has 0 unspecified atom stereocenters. The second kappa shape index (κ2) is 8.97. The molecule has 0 amide bonds. The first-order chi connectivity index (χ1) is 13.1. The molecule has 0 aliphatic carbocycles. The predicted octanol–water partition coefficient (Wildman–Crippen LogP) is 4.38. The van der Waals surface area contributed by atoms with Gasteiger partial charge in [0.05, 0.1) is 19.9 Å². The van der Waals surface area contributed by atoms with Crippen molar-refractivity contribution in [1.82, 2.24) is 15.3 Å². The summed E-state index contributed by atoms with van der Waals surface area (Å²) in [6.07, 6.45) is 2.79. The number of pyridine rings is 1. The average Bonchev–Trinajstić information content (AvgIpc) is 3.08. The fraction of sp³-hybridized carbons (Fsp3) is 0.333. The molecular formula is C21H25N3O2S. The zero-order chi connectivity index (χ0) is 19.2. The van der Waals surface area contributed by atoms with E-state index in [1.165, 1.54) is 4.88 Å². The van der Waals surface area contributed by atoms with Crippen molar-refractivity contribution >= 4 is 11.3 Å². The molecule has 0 saturated carbocycles. The van der Waals surface area contributed by atoms with E-state index in [0.717, 1.165) is 58.5 Å². The van der Waals surface area contributed by atoms with Crippen LogP contribution in [-0.2, 0) is 19.5 Å². The van der Waals surface area contributed by atoms with E-state index < -0.39 is 0 Å². The van der Waals surface area contributed by atoms with Crippen LogP contribution in [0.2, 0.25) is 0 Å². The molecule has 1 N–H and O–H groups in total. The highest BCUT2D eigenvalue weighted by atomic mass is 32.1.